The lowest BCUT2D eigenvalue weighted by atomic mass is 10.3. The Bertz CT molecular complexity index is 722. The van der Waals surface area contributed by atoms with Gasteiger partial charge in [-0.15, -0.1) is 32.9 Å². The average molecular weight is 351 g/mol. The number of rotatable bonds is 6. The second-order valence-corrected chi connectivity index (χ2v) is 7.30. The SMILES string of the molecule is CC(NC(=O)CSc1nnc(-c2cccs2)o1)c1cccs1. The lowest BCUT2D eigenvalue weighted by Gasteiger charge is -2.11. The standard InChI is InChI=1S/C14H13N3O2S3/c1-9(10-4-2-6-20-10)15-12(18)8-22-14-17-16-13(19-14)11-5-3-7-21-11/h2-7,9H,8H2,1H3,(H,15,18). The Morgan fingerprint density at radius 2 is 2.14 bits per heavy atom. The molecule has 0 bridgehead atoms. The fourth-order valence-electron chi connectivity index (χ4n) is 1.79. The molecule has 1 atom stereocenters. The van der Waals surface area contributed by atoms with Gasteiger partial charge in [0, 0.05) is 4.88 Å². The maximum absolute atomic E-state index is 11.9. The quantitative estimate of drug-likeness (QED) is 0.684. The van der Waals surface area contributed by atoms with E-state index in [4.69, 9.17) is 4.42 Å². The highest BCUT2D eigenvalue weighted by Gasteiger charge is 2.14. The van der Waals surface area contributed by atoms with Crippen molar-refractivity contribution in [3.63, 3.8) is 0 Å². The van der Waals surface area contributed by atoms with E-state index in [9.17, 15) is 4.79 Å². The minimum absolute atomic E-state index is 0.0115. The van der Waals surface area contributed by atoms with Crippen molar-refractivity contribution in [1.29, 1.82) is 0 Å². The van der Waals surface area contributed by atoms with Gasteiger partial charge >= 0.3 is 0 Å². The third kappa shape index (κ3) is 3.76. The molecule has 1 N–H and O–H groups in total. The average Bonchev–Trinajstić information content (AvgIpc) is 3.25. The zero-order chi connectivity index (χ0) is 15.4. The number of hydrogen-bond acceptors (Lipinski definition) is 7. The topological polar surface area (TPSA) is 68.0 Å². The first-order valence-electron chi connectivity index (χ1n) is 6.55. The van der Waals surface area contributed by atoms with Gasteiger partial charge in [0.25, 0.3) is 11.1 Å². The summed E-state index contributed by atoms with van der Waals surface area (Å²) in [5, 5.41) is 15.2. The summed E-state index contributed by atoms with van der Waals surface area (Å²) >= 11 is 4.41. The van der Waals surface area contributed by atoms with Crippen LogP contribution in [0.1, 0.15) is 17.8 Å². The van der Waals surface area contributed by atoms with Crippen molar-refractivity contribution in [2.75, 3.05) is 5.75 Å². The third-order valence-corrected chi connectivity index (χ3v) is 5.54. The molecule has 0 saturated carbocycles. The van der Waals surface area contributed by atoms with Crippen molar-refractivity contribution in [3.05, 3.63) is 39.9 Å². The smallest absolute Gasteiger partial charge is 0.277 e. The highest BCUT2D eigenvalue weighted by atomic mass is 32.2. The number of nitrogens with one attached hydrogen (secondary N) is 1. The molecular weight excluding hydrogens is 338 g/mol. The summed E-state index contributed by atoms with van der Waals surface area (Å²) in [4.78, 5) is 14.0. The van der Waals surface area contributed by atoms with Crippen LogP contribution in [-0.2, 0) is 4.79 Å². The van der Waals surface area contributed by atoms with Crippen LogP contribution in [0.3, 0.4) is 0 Å². The summed E-state index contributed by atoms with van der Waals surface area (Å²) in [6.45, 7) is 1.97. The molecule has 3 aromatic heterocycles. The van der Waals surface area contributed by atoms with Crippen molar-refractivity contribution < 1.29 is 9.21 Å². The van der Waals surface area contributed by atoms with Gasteiger partial charge in [-0.1, -0.05) is 23.9 Å². The highest BCUT2D eigenvalue weighted by molar-refractivity contribution is 7.99. The maximum atomic E-state index is 11.9. The molecule has 0 spiro atoms. The van der Waals surface area contributed by atoms with Crippen molar-refractivity contribution in [1.82, 2.24) is 15.5 Å². The first-order valence-corrected chi connectivity index (χ1v) is 9.30. The minimum atomic E-state index is -0.0539. The number of thioether (sulfide) groups is 1. The van der Waals surface area contributed by atoms with Gasteiger partial charge in [0.15, 0.2) is 0 Å². The number of amides is 1. The zero-order valence-electron chi connectivity index (χ0n) is 11.7. The predicted molar refractivity (Wildman–Crippen MR) is 89.2 cm³/mol. The molecule has 0 aliphatic rings. The van der Waals surface area contributed by atoms with Crippen molar-refractivity contribution in [2.24, 2.45) is 0 Å². The lowest BCUT2D eigenvalue weighted by molar-refractivity contribution is -0.119. The Morgan fingerprint density at radius 1 is 1.32 bits per heavy atom. The van der Waals surface area contributed by atoms with Gasteiger partial charge in [-0.2, -0.15) is 0 Å². The van der Waals surface area contributed by atoms with E-state index in [-0.39, 0.29) is 17.7 Å². The number of carbonyl (C=O) groups excluding carboxylic acids is 1. The number of hydrogen-bond donors (Lipinski definition) is 1. The first kappa shape index (κ1) is 15.3. The van der Waals surface area contributed by atoms with Gasteiger partial charge in [0.1, 0.15) is 0 Å². The zero-order valence-corrected chi connectivity index (χ0v) is 14.1. The van der Waals surface area contributed by atoms with E-state index >= 15 is 0 Å². The molecule has 22 heavy (non-hydrogen) atoms. The Kier molecular flexibility index (Phi) is 4.91. The number of aromatic nitrogens is 2. The van der Waals surface area contributed by atoms with Crippen LogP contribution in [0, 0.1) is 0 Å². The Balaban J connectivity index is 1.51. The molecule has 5 nitrogen and oxygen atoms in total. The monoisotopic (exact) mass is 351 g/mol. The van der Waals surface area contributed by atoms with Crippen LogP contribution >= 0.6 is 34.4 Å². The Hall–Kier alpha value is -1.64. The molecule has 0 aliphatic carbocycles. The molecule has 0 aromatic carbocycles. The minimum Gasteiger partial charge on any atom is -0.410 e. The second kappa shape index (κ2) is 7.08. The van der Waals surface area contributed by atoms with Crippen LogP contribution in [0.4, 0.5) is 0 Å². The van der Waals surface area contributed by atoms with Gasteiger partial charge in [-0.3, -0.25) is 4.79 Å². The summed E-state index contributed by atoms with van der Waals surface area (Å²) in [6.07, 6.45) is 0. The molecule has 0 fully saturated rings. The molecule has 3 heterocycles. The van der Waals surface area contributed by atoms with Crippen LogP contribution in [-0.4, -0.2) is 21.9 Å². The largest absolute Gasteiger partial charge is 0.410 e. The molecule has 8 heteroatoms. The highest BCUT2D eigenvalue weighted by Crippen LogP contribution is 2.26. The fourth-order valence-corrected chi connectivity index (χ4v) is 3.74. The fraction of sp³-hybridized carbons (Fsp3) is 0.214. The molecule has 0 saturated heterocycles. The van der Waals surface area contributed by atoms with E-state index < -0.39 is 0 Å². The van der Waals surface area contributed by atoms with E-state index in [2.05, 4.69) is 15.5 Å². The summed E-state index contributed by atoms with van der Waals surface area (Å²) in [7, 11) is 0. The second-order valence-electron chi connectivity index (χ2n) is 4.44. The first-order chi connectivity index (χ1) is 10.7. The molecular formula is C14H13N3O2S3. The predicted octanol–water partition coefficient (Wildman–Crippen LogP) is 3.83. The van der Waals surface area contributed by atoms with E-state index in [1.807, 2.05) is 41.9 Å². The normalized spacial score (nSPS) is 12.2. The van der Waals surface area contributed by atoms with Gasteiger partial charge in [0.05, 0.1) is 16.7 Å². The van der Waals surface area contributed by atoms with Gasteiger partial charge in [-0.25, -0.2) is 0 Å². The molecule has 3 aromatic rings. The van der Waals surface area contributed by atoms with Gasteiger partial charge in [-0.05, 0) is 29.8 Å². The van der Waals surface area contributed by atoms with E-state index in [1.165, 1.54) is 23.1 Å². The van der Waals surface area contributed by atoms with Crippen LogP contribution in [0.5, 0.6) is 0 Å². The molecule has 114 valence electrons. The van der Waals surface area contributed by atoms with Crippen molar-refractivity contribution in [3.8, 4) is 10.8 Å². The molecule has 1 amide bonds. The number of carbonyl (C=O) groups is 1. The lowest BCUT2D eigenvalue weighted by Crippen LogP contribution is -2.27. The van der Waals surface area contributed by atoms with E-state index in [0.717, 1.165) is 9.75 Å². The maximum Gasteiger partial charge on any atom is 0.277 e. The molecule has 3 rings (SSSR count). The van der Waals surface area contributed by atoms with Gasteiger partial charge < -0.3 is 9.73 Å². The number of thiophene rings is 2. The van der Waals surface area contributed by atoms with E-state index in [1.54, 1.807) is 11.3 Å². The van der Waals surface area contributed by atoms with E-state index in [0.29, 0.717) is 11.1 Å². The van der Waals surface area contributed by atoms with Crippen LogP contribution in [0.25, 0.3) is 10.8 Å². The Morgan fingerprint density at radius 3 is 2.86 bits per heavy atom. The van der Waals surface area contributed by atoms with Crippen LogP contribution in [0.15, 0.2) is 44.7 Å². The van der Waals surface area contributed by atoms with Crippen molar-refractivity contribution >= 4 is 40.3 Å². The summed E-state index contributed by atoms with van der Waals surface area (Å²) in [5.74, 6) is 0.688. The summed E-state index contributed by atoms with van der Waals surface area (Å²) in [5.41, 5.74) is 0. The Labute approximate surface area is 139 Å². The van der Waals surface area contributed by atoms with Crippen molar-refractivity contribution in [2.45, 2.75) is 18.2 Å². The van der Waals surface area contributed by atoms with Gasteiger partial charge in [0.2, 0.25) is 5.91 Å². The van der Waals surface area contributed by atoms with Crippen LogP contribution in [0.2, 0.25) is 0 Å². The van der Waals surface area contributed by atoms with Crippen LogP contribution < -0.4 is 5.32 Å². The summed E-state index contributed by atoms with van der Waals surface area (Å²) in [6, 6.07) is 7.84. The summed E-state index contributed by atoms with van der Waals surface area (Å²) < 4.78 is 5.53. The molecule has 0 radical (unpaired) electrons. The number of nitrogens with zero attached hydrogens (tertiary/aromatic N) is 2. The molecule has 1 unspecified atom stereocenters. The third-order valence-electron chi connectivity index (χ3n) is 2.81. The molecule has 0 aliphatic heterocycles.